The Kier molecular flexibility index (Phi) is 3.53. The lowest BCUT2D eigenvalue weighted by Gasteiger charge is -2.04. The summed E-state index contributed by atoms with van der Waals surface area (Å²) in [4.78, 5) is 8.37. The predicted octanol–water partition coefficient (Wildman–Crippen LogP) is 2.63. The highest BCUT2D eigenvalue weighted by Crippen LogP contribution is 2.08. The molecule has 0 amide bonds. The van der Waals surface area contributed by atoms with E-state index in [1.165, 1.54) is 0 Å². The van der Waals surface area contributed by atoms with E-state index >= 15 is 0 Å². The van der Waals surface area contributed by atoms with Crippen molar-refractivity contribution < 1.29 is 4.42 Å². The second kappa shape index (κ2) is 5.30. The van der Waals surface area contributed by atoms with Gasteiger partial charge in [0.05, 0.1) is 12.5 Å². The molecule has 0 aromatic carbocycles. The van der Waals surface area contributed by atoms with Crippen molar-refractivity contribution in [2.75, 3.05) is 5.32 Å². The fourth-order valence-electron chi connectivity index (χ4n) is 1.47. The highest BCUT2D eigenvalue weighted by molar-refractivity contribution is 5.35. The monoisotopic (exact) mass is 217 g/mol. The van der Waals surface area contributed by atoms with E-state index < -0.39 is 0 Å². The van der Waals surface area contributed by atoms with Gasteiger partial charge in [-0.1, -0.05) is 13.3 Å². The second-order valence-electron chi connectivity index (χ2n) is 3.63. The molecule has 0 radical (unpaired) electrons. The van der Waals surface area contributed by atoms with Gasteiger partial charge in [0.25, 0.3) is 0 Å². The largest absolute Gasteiger partial charge is 0.472 e. The van der Waals surface area contributed by atoms with Gasteiger partial charge in [0.1, 0.15) is 12.1 Å². The molecule has 4 nitrogen and oxygen atoms in total. The van der Waals surface area contributed by atoms with E-state index in [0.717, 1.165) is 36.5 Å². The number of nitrogens with one attached hydrogen (secondary N) is 1. The molecule has 0 unspecified atom stereocenters. The molecule has 2 rings (SSSR count). The first-order valence-corrected chi connectivity index (χ1v) is 5.44. The SMILES string of the molecule is CCCc1cc(NCc2ccoc2)ncn1. The van der Waals surface area contributed by atoms with Crippen LogP contribution in [0.5, 0.6) is 0 Å². The van der Waals surface area contributed by atoms with Crippen molar-refractivity contribution >= 4 is 5.82 Å². The summed E-state index contributed by atoms with van der Waals surface area (Å²) in [7, 11) is 0. The molecule has 0 spiro atoms. The van der Waals surface area contributed by atoms with Crippen molar-refractivity contribution in [3.8, 4) is 0 Å². The van der Waals surface area contributed by atoms with E-state index in [1.807, 2.05) is 12.1 Å². The van der Waals surface area contributed by atoms with Gasteiger partial charge in [-0.15, -0.1) is 0 Å². The number of nitrogens with zero attached hydrogens (tertiary/aromatic N) is 2. The second-order valence-corrected chi connectivity index (χ2v) is 3.63. The first-order valence-electron chi connectivity index (χ1n) is 5.44. The summed E-state index contributed by atoms with van der Waals surface area (Å²) in [5.74, 6) is 0.861. The standard InChI is InChI=1S/C12H15N3O/c1-2-3-11-6-12(15-9-14-11)13-7-10-4-5-16-8-10/h4-6,8-9H,2-3,7H2,1H3,(H,13,14,15). The number of hydrogen-bond acceptors (Lipinski definition) is 4. The molecule has 4 heteroatoms. The van der Waals surface area contributed by atoms with E-state index in [-0.39, 0.29) is 0 Å². The predicted molar refractivity (Wildman–Crippen MR) is 62.1 cm³/mol. The Morgan fingerprint density at radius 1 is 1.38 bits per heavy atom. The van der Waals surface area contributed by atoms with Crippen LogP contribution in [0.2, 0.25) is 0 Å². The van der Waals surface area contributed by atoms with Gasteiger partial charge in [-0.05, 0) is 12.5 Å². The normalized spacial score (nSPS) is 10.3. The molecule has 2 aromatic heterocycles. The van der Waals surface area contributed by atoms with Gasteiger partial charge in [-0.25, -0.2) is 9.97 Å². The number of hydrogen-bond donors (Lipinski definition) is 1. The summed E-state index contributed by atoms with van der Waals surface area (Å²) in [6, 6.07) is 3.92. The molecule has 0 aliphatic rings. The molecule has 84 valence electrons. The number of rotatable bonds is 5. The van der Waals surface area contributed by atoms with E-state index in [0.29, 0.717) is 0 Å². The molecular formula is C12H15N3O. The fraction of sp³-hybridized carbons (Fsp3) is 0.333. The summed E-state index contributed by atoms with van der Waals surface area (Å²) in [6.45, 7) is 2.86. The third-order valence-electron chi connectivity index (χ3n) is 2.28. The Labute approximate surface area is 94.7 Å². The minimum Gasteiger partial charge on any atom is -0.472 e. The zero-order valence-corrected chi connectivity index (χ0v) is 9.31. The molecule has 2 heterocycles. The number of aryl methyl sites for hydroxylation is 1. The van der Waals surface area contributed by atoms with Crippen LogP contribution in [0, 0.1) is 0 Å². The molecule has 0 aliphatic carbocycles. The third kappa shape index (κ3) is 2.82. The average Bonchev–Trinajstić information content (AvgIpc) is 2.80. The summed E-state index contributed by atoms with van der Waals surface area (Å²) in [5, 5.41) is 3.23. The molecule has 16 heavy (non-hydrogen) atoms. The molecule has 0 aliphatic heterocycles. The molecule has 2 aromatic rings. The van der Waals surface area contributed by atoms with Crippen LogP contribution in [0.15, 0.2) is 35.4 Å². The lowest BCUT2D eigenvalue weighted by molar-refractivity contribution is 0.564. The van der Waals surface area contributed by atoms with Gasteiger partial charge in [-0.3, -0.25) is 0 Å². The maximum Gasteiger partial charge on any atom is 0.129 e. The van der Waals surface area contributed by atoms with Crippen molar-refractivity contribution in [2.24, 2.45) is 0 Å². The summed E-state index contributed by atoms with van der Waals surface area (Å²) in [5.41, 5.74) is 2.18. The Bertz CT molecular complexity index is 426. The van der Waals surface area contributed by atoms with Crippen LogP contribution in [0.4, 0.5) is 5.82 Å². The van der Waals surface area contributed by atoms with E-state index in [4.69, 9.17) is 4.42 Å². The zero-order valence-electron chi connectivity index (χ0n) is 9.31. The van der Waals surface area contributed by atoms with Crippen molar-refractivity contribution in [3.05, 3.63) is 42.2 Å². The van der Waals surface area contributed by atoms with E-state index in [2.05, 4.69) is 22.2 Å². The van der Waals surface area contributed by atoms with Gasteiger partial charge in [0, 0.05) is 23.9 Å². The minimum atomic E-state index is 0.721. The van der Waals surface area contributed by atoms with E-state index in [1.54, 1.807) is 18.9 Å². The summed E-state index contributed by atoms with van der Waals surface area (Å²) < 4.78 is 4.99. The van der Waals surface area contributed by atoms with Crippen LogP contribution in [0.1, 0.15) is 24.6 Å². The van der Waals surface area contributed by atoms with Gasteiger partial charge in [0.15, 0.2) is 0 Å². The van der Waals surface area contributed by atoms with Crippen LogP contribution in [0.3, 0.4) is 0 Å². The van der Waals surface area contributed by atoms with Crippen LogP contribution in [0.25, 0.3) is 0 Å². The molecule has 1 N–H and O–H groups in total. The zero-order chi connectivity index (χ0) is 11.2. The first kappa shape index (κ1) is 10.7. The average molecular weight is 217 g/mol. The third-order valence-corrected chi connectivity index (χ3v) is 2.28. The number of aromatic nitrogens is 2. The molecule has 0 bridgehead atoms. The molecule has 0 saturated heterocycles. The van der Waals surface area contributed by atoms with Crippen molar-refractivity contribution in [3.63, 3.8) is 0 Å². The Balaban J connectivity index is 1.96. The highest BCUT2D eigenvalue weighted by atomic mass is 16.3. The summed E-state index contributed by atoms with van der Waals surface area (Å²) in [6.07, 6.45) is 7.07. The van der Waals surface area contributed by atoms with Crippen LogP contribution < -0.4 is 5.32 Å². The van der Waals surface area contributed by atoms with Crippen molar-refractivity contribution in [1.82, 2.24) is 9.97 Å². The maximum atomic E-state index is 4.99. The van der Waals surface area contributed by atoms with Gasteiger partial charge in [-0.2, -0.15) is 0 Å². The van der Waals surface area contributed by atoms with Crippen molar-refractivity contribution in [2.45, 2.75) is 26.3 Å². The first-order chi connectivity index (χ1) is 7.88. The van der Waals surface area contributed by atoms with Crippen molar-refractivity contribution in [1.29, 1.82) is 0 Å². The number of anilines is 1. The topological polar surface area (TPSA) is 51.0 Å². The van der Waals surface area contributed by atoms with Crippen LogP contribution in [-0.4, -0.2) is 9.97 Å². The van der Waals surface area contributed by atoms with Crippen LogP contribution >= 0.6 is 0 Å². The Hall–Kier alpha value is -1.84. The molecule has 0 saturated carbocycles. The summed E-state index contributed by atoms with van der Waals surface area (Å²) >= 11 is 0. The van der Waals surface area contributed by atoms with Crippen LogP contribution in [-0.2, 0) is 13.0 Å². The molecule has 0 atom stereocenters. The number of furan rings is 1. The highest BCUT2D eigenvalue weighted by Gasteiger charge is 1.99. The Morgan fingerprint density at radius 3 is 3.06 bits per heavy atom. The maximum absolute atomic E-state index is 4.99. The lowest BCUT2D eigenvalue weighted by atomic mass is 10.2. The molecule has 0 fully saturated rings. The smallest absolute Gasteiger partial charge is 0.129 e. The Morgan fingerprint density at radius 2 is 2.31 bits per heavy atom. The fourth-order valence-corrected chi connectivity index (χ4v) is 1.47. The van der Waals surface area contributed by atoms with Gasteiger partial charge in [0.2, 0.25) is 0 Å². The van der Waals surface area contributed by atoms with E-state index in [9.17, 15) is 0 Å². The van der Waals surface area contributed by atoms with Gasteiger partial charge < -0.3 is 9.73 Å². The molecular weight excluding hydrogens is 202 g/mol. The quantitative estimate of drug-likeness (QED) is 0.836. The van der Waals surface area contributed by atoms with Gasteiger partial charge >= 0.3 is 0 Å². The lowest BCUT2D eigenvalue weighted by Crippen LogP contribution is -2.02. The minimum absolute atomic E-state index is 0.721.